The number of halogens is 2. The molecular formula is C21H19BrClN3O. The van der Waals surface area contributed by atoms with E-state index in [2.05, 4.69) is 45.2 Å². The van der Waals surface area contributed by atoms with E-state index in [1.165, 1.54) is 0 Å². The van der Waals surface area contributed by atoms with E-state index in [0.29, 0.717) is 10.7 Å². The van der Waals surface area contributed by atoms with Crippen LogP contribution >= 0.6 is 27.5 Å². The quantitative estimate of drug-likeness (QED) is 0.537. The van der Waals surface area contributed by atoms with Crippen molar-refractivity contribution >= 4 is 33.4 Å². The van der Waals surface area contributed by atoms with E-state index in [1.54, 1.807) is 0 Å². The molecule has 0 aliphatic carbocycles. The monoisotopic (exact) mass is 443 g/mol. The minimum atomic E-state index is -0.152. The molecule has 0 radical (unpaired) electrons. The average Bonchev–Trinajstić information content (AvgIpc) is 3.20. The van der Waals surface area contributed by atoms with Crippen LogP contribution in [0.2, 0.25) is 5.02 Å². The number of nitrogens with zero attached hydrogens (tertiary/aromatic N) is 2. The van der Waals surface area contributed by atoms with Crippen LogP contribution in [0.1, 0.15) is 47.4 Å². The Morgan fingerprint density at radius 3 is 2.70 bits per heavy atom. The van der Waals surface area contributed by atoms with Crippen molar-refractivity contribution in [2.45, 2.75) is 25.8 Å². The predicted molar refractivity (Wildman–Crippen MR) is 111 cm³/mol. The third-order valence-electron chi connectivity index (χ3n) is 4.90. The van der Waals surface area contributed by atoms with Gasteiger partial charge in [-0.25, -0.2) is 0 Å². The van der Waals surface area contributed by atoms with Crippen LogP contribution < -0.4 is 0 Å². The second kappa shape index (κ2) is 7.49. The smallest absolute Gasteiger partial charge is 0.273 e. The number of rotatable bonds is 5. The summed E-state index contributed by atoms with van der Waals surface area (Å²) in [6.07, 6.45) is 2.00. The van der Waals surface area contributed by atoms with E-state index in [0.717, 1.165) is 46.2 Å². The van der Waals surface area contributed by atoms with Crippen molar-refractivity contribution in [3.8, 4) is 11.3 Å². The lowest BCUT2D eigenvalue weighted by molar-refractivity contribution is 0.0741. The Morgan fingerprint density at radius 2 is 2.00 bits per heavy atom. The maximum atomic E-state index is 13.1. The first kappa shape index (κ1) is 18.3. The van der Waals surface area contributed by atoms with Crippen LogP contribution in [-0.2, 0) is 0 Å². The topological polar surface area (TPSA) is 49.0 Å². The van der Waals surface area contributed by atoms with E-state index in [9.17, 15) is 4.79 Å². The fourth-order valence-corrected chi connectivity index (χ4v) is 4.15. The number of hydrogen-bond donors (Lipinski definition) is 1. The molecule has 0 saturated heterocycles. The zero-order chi connectivity index (χ0) is 19.0. The number of unbranched alkanes of at least 4 members (excludes halogenated alkanes) is 1. The highest BCUT2D eigenvalue weighted by Gasteiger charge is 2.41. The summed E-state index contributed by atoms with van der Waals surface area (Å²) in [6.45, 7) is 2.85. The van der Waals surface area contributed by atoms with Crippen molar-refractivity contribution in [1.82, 2.24) is 15.1 Å². The number of fused-ring (bicyclic) bond motifs is 1. The van der Waals surface area contributed by atoms with Crippen molar-refractivity contribution in [2.75, 3.05) is 6.54 Å². The molecule has 0 fully saturated rings. The molecule has 2 aromatic carbocycles. The molecule has 1 unspecified atom stereocenters. The minimum absolute atomic E-state index is 0.0103. The van der Waals surface area contributed by atoms with Gasteiger partial charge in [-0.3, -0.25) is 9.89 Å². The van der Waals surface area contributed by atoms with Crippen molar-refractivity contribution in [2.24, 2.45) is 0 Å². The lowest BCUT2D eigenvalue weighted by atomic mass is 9.96. The Labute approximate surface area is 171 Å². The Balaban J connectivity index is 1.86. The van der Waals surface area contributed by atoms with Crippen molar-refractivity contribution < 1.29 is 4.79 Å². The highest BCUT2D eigenvalue weighted by Crippen LogP contribution is 2.43. The van der Waals surface area contributed by atoms with E-state index in [1.807, 2.05) is 41.3 Å². The molecule has 0 saturated carbocycles. The van der Waals surface area contributed by atoms with Gasteiger partial charge in [-0.2, -0.15) is 5.10 Å². The summed E-state index contributed by atoms with van der Waals surface area (Å²) in [7, 11) is 0. The molecule has 4 rings (SSSR count). The largest absolute Gasteiger partial charge is 0.326 e. The van der Waals surface area contributed by atoms with Crippen molar-refractivity contribution in [1.29, 1.82) is 0 Å². The SMILES string of the molecule is CCCCN1C(=O)c2[nH]nc(-c3ccc(Cl)cc3)c2C1c1cccc(Br)c1. The molecule has 27 heavy (non-hydrogen) atoms. The Kier molecular flexibility index (Phi) is 5.06. The van der Waals surface area contributed by atoms with Gasteiger partial charge < -0.3 is 4.90 Å². The van der Waals surface area contributed by atoms with E-state index < -0.39 is 0 Å². The fourth-order valence-electron chi connectivity index (χ4n) is 3.61. The molecule has 138 valence electrons. The lowest BCUT2D eigenvalue weighted by Crippen LogP contribution is -2.30. The molecule has 4 nitrogen and oxygen atoms in total. The third kappa shape index (κ3) is 3.30. The molecular weight excluding hydrogens is 426 g/mol. The van der Waals surface area contributed by atoms with Gasteiger partial charge in [-0.15, -0.1) is 0 Å². The summed E-state index contributed by atoms with van der Waals surface area (Å²) in [5, 5.41) is 8.13. The van der Waals surface area contributed by atoms with Crippen LogP contribution in [0.15, 0.2) is 53.0 Å². The fraction of sp³-hybridized carbons (Fsp3) is 0.238. The predicted octanol–water partition coefficient (Wildman–Crippen LogP) is 5.84. The number of benzene rings is 2. The number of amides is 1. The summed E-state index contributed by atoms with van der Waals surface area (Å²) in [6, 6.07) is 15.6. The summed E-state index contributed by atoms with van der Waals surface area (Å²) in [4.78, 5) is 15.0. The first-order chi connectivity index (χ1) is 13.1. The maximum absolute atomic E-state index is 13.1. The molecule has 1 aromatic heterocycles. The van der Waals surface area contributed by atoms with Gasteiger partial charge >= 0.3 is 0 Å². The van der Waals surface area contributed by atoms with Gasteiger partial charge in [0.1, 0.15) is 5.69 Å². The van der Waals surface area contributed by atoms with Gasteiger partial charge in [0.05, 0.1) is 11.7 Å². The first-order valence-electron chi connectivity index (χ1n) is 9.00. The van der Waals surface area contributed by atoms with Gasteiger partial charge in [0, 0.05) is 27.2 Å². The number of nitrogens with one attached hydrogen (secondary N) is 1. The summed E-state index contributed by atoms with van der Waals surface area (Å²) < 4.78 is 0.993. The Bertz CT molecular complexity index is 983. The summed E-state index contributed by atoms with van der Waals surface area (Å²) in [5.74, 6) is 0.0103. The molecule has 1 amide bonds. The summed E-state index contributed by atoms with van der Waals surface area (Å²) in [5.41, 5.74) is 4.35. The molecule has 6 heteroatoms. The van der Waals surface area contributed by atoms with Crippen LogP contribution in [0, 0.1) is 0 Å². The third-order valence-corrected chi connectivity index (χ3v) is 5.64. The zero-order valence-electron chi connectivity index (χ0n) is 14.9. The molecule has 3 aromatic rings. The van der Waals surface area contributed by atoms with Crippen LogP contribution in [-0.4, -0.2) is 27.5 Å². The van der Waals surface area contributed by atoms with Crippen LogP contribution in [0.3, 0.4) is 0 Å². The molecule has 0 bridgehead atoms. The van der Waals surface area contributed by atoms with Crippen LogP contribution in [0.25, 0.3) is 11.3 Å². The van der Waals surface area contributed by atoms with E-state index in [4.69, 9.17) is 11.6 Å². The maximum Gasteiger partial charge on any atom is 0.273 e. The zero-order valence-corrected chi connectivity index (χ0v) is 17.2. The number of hydrogen-bond acceptors (Lipinski definition) is 2. The van der Waals surface area contributed by atoms with Crippen molar-refractivity contribution in [3.05, 3.63) is 74.8 Å². The second-order valence-electron chi connectivity index (χ2n) is 6.68. The van der Waals surface area contributed by atoms with Gasteiger partial charge in [0.15, 0.2) is 0 Å². The van der Waals surface area contributed by atoms with E-state index in [-0.39, 0.29) is 11.9 Å². The standard InChI is InChI=1S/C21H19BrClN3O/c1-2-3-11-26-20(14-5-4-6-15(22)12-14)17-18(24-25-19(17)21(26)27)13-7-9-16(23)10-8-13/h4-10,12,20H,2-3,11H2,1H3,(H,24,25). The van der Waals surface area contributed by atoms with Crippen LogP contribution in [0.4, 0.5) is 0 Å². The minimum Gasteiger partial charge on any atom is -0.326 e. The molecule has 2 heterocycles. The second-order valence-corrected chi connectivity index (χ2v) is 8.03. The molecule has 1 atom stereocenters. The number of aromatic nitrogens is 2. The molecule has 1 aliphatic rings. The number of aromatic amines is 1. The van der Waals surface area contributed by atoms with Crippen molar-refractivity contribution in [3.63, 3.8) is 0 Å². The van der Waals surface area contributed by atoms with Crippen LogP contribution in [0.5, 0.6) is 0 Å². The van der Waals surface area contributed by atoms with Gasteiger partial charge in [0.2, 0.25) is 0 Å². The van der Waals surface area contributed by atoms with Gasteiger partial charge in [0.25, 0.3) is 5.91 Å². The highest BCUT2D eigenvalue weighted by molar-refractivity contribution is 9.10. The number of H-pyrrole nitrogens is 1. The first-order valence-corrected chi connectivity index (χ1v) is 10.2. The Hall–Kier alpha value is -2.11. The lowest BCUT2D eigenvalue weighted by Gasteiger charge is -2.26. The number of carbonyl (C=O) groups excluding carboxylic acids is 1. The van der Waals surface area contributed by atoms with Gasteiger partial charge in [-0.1, -0.05) is 65.1 Å². The average molecular weight is 445 g/mol. The molecule has 1 aliphatic heterocycles. The van der Waals surface area contributed by atoms with Gasteiger partial charge in [-0.05, 0) is 36.2 Å². The number of carbonyl (C=O) groups is 1. The normalized spacial score (nSPS) is 16.0. The molecule has 1 N–H and O–H groups in total. The highest BCUT2D eigenvalue weighted by atomic mass is 79.9. The van der Waals surface area contributed by atoms with E-state index >= 15 is 0 Å². The summed E-state index contributed by atoms with van der Waals surface area (Å²) >= 11 is 9.60. The molecule has 0 spiro atoms. The Morgan fingerprint density at radius 1 is 1.22 bits per heavy atom.